The van der Waals surface area contributed by atoms with E-state index in [1.54, 1.807) is 52.0 Å². The van der Waals surface area contributed by atoms with Crippen LogP contribution in [0.25, 0.3) is 0 Å². The predicted molar refractivity (Wildman–Crippen MR) is 387 cm³/mol. The first-order valence-electron chi connectivity index (χ1n) is 32.6. The van der Waals surface area contributed by atoms with E-state index in [2.05, 4.69) is 184 Å². The maximum absolute atomic E-state index is 11.0. The van der Waals surface area contributed by atoms with Crippen LogP contribution in [0.2, 0.25) is 0 Å². The summed E-state index contributed by atoms with van der Waals surface area (Å²) < 4.78 is 0. The first-order chi connectivity index (χ1) is 40.9. The Kier molecular flexibility index (Phi) is 35.7. The van der Waals surface area contributed by atoms with Crippen molar-refractivity contribution in [2.24, 2.45) is 21.7 Å². The van der Waals surface area contributed by atoms with Gasteiger partial charge >= 0.3 is 0 Å². The van der Waals surface area contributed by atoms with Gasteiger partial charge in [-0.15, -0.1) is 0 Å². The average molecular weight is 1190 g/mol. The van der Waals surface area contributed by atoms with Gasteiger partial charge in [0.05, 0.1) is 0 Å². The molecule has 0 aromatic rings. The highest BCUT2D eigenvalue weighted by molar-refractivity contribution is 5.89. The Labute approximate surface area is 539 Å². The molecule has 0 unspecified atom stereocenters. The lowest BCUT2D eigenvalue weighted by molar-refractivity contribution is -0.113. The molecule has 0 atom stereocenters. The van der Waals surface area contributed by atoms with Gasteiger partial charge in [0, 0.05) is 0 Å². The van der Waals surface area contributed by atoms with E-state index in [0.717, 1.165) is 22.3 Å². The summed E-state index contributed by atoms with van der Waals surface area (Å²) in [6.07, 6.45) is 63.9. The Morgan fingerprint density at radius 3 is 0.591 bits per heavy atom. The summed E-state index contributed by atoms with van der Waals surface area (Å²) in [5.74, 6) is 0.351. The molecule has 0 heterocycles. The molecule has 0 fully saturated rings. The molecule has 4 heteroatoms. The third kappa shape index (κ3) is 33.2. The van der Waals surface area contributed by atoms with E-state index in [1.165, 1.54) is 144 Å². The van der Waals surface area contributed by atoms with Crippen LogP contribution in [0.1, 0.15) is 243 Å². The van der Waals surface area contributed by atoms with E-state index in [9.17, 15) is 19.2 Å². The maximum Gasteiger partial charge on any atom is 0.152 e. The second-order valence-electron chi connectivity index (χ2n) is 28.1. The molecule has 0 saturated carbocycles. The van der Waals surface area contributed by atoms with E-state index < -0.39 is 0 Å². The first-order valence-corrected chi connectivity index (χ1v) is 32.6. The van der Waals surface area contributed by atoms with Crippen molar-refractivity contribution in [3.63, 3.8) is 0 Å². The van der Waals surface area contributed by atoms with Crippen LogP contribution in [0.5, 0.6) is 0 Å². The monoisotopic (exact) mass is 1190 g/mol. The largest absolute Gasteiger partial charge is 0.295 e. The van der Waals surface area contributed by atoms with Crippen LogP contribution in [0.4, 0.5) is 0 Å². The fourth-order valence-electron chi connectivity index (χ4n) is 12.0. The number of hydrogen-bond donors (Lipinski definition) is 0. The highest BCUT2D eigenvalue weighted by Crippen LogP contribution is 2.44. The van der Waals surface area contributed by atoms with Gasteiger partial charge < -0.3 is 0 Å². The minimum absolute atomic E-state index is 0.0877. The lowest BCUT2D eigenvalue weighted by atomic mass is 9.72. The highest BCUT2D eigenvalue weighted by Gasteiger charge is 2.29. The molecule has 0 aromatic heterocycles. The maximum atomic E-state index is 11.0. The van der Waals surface area contributed by atoms with Crippen LogP contribution in [-0.4, -0.2) is 23.1 Å². The van der Waals surface area contributed by atoms with Crippen LogP contribution in [-0.2, 0) is 19.2 Å². The van der Waals surface area contributed by atoms with Gasteiger partial charge in [0.25, 0.3) is 0 Å². The molecule has 4 aliphatic carbocycles. The minimum Gasteiger partial charge on any atom is -0.295 e. The van der Waals surface area contributed by atoms with Gasteiger partial charge in [-0.3, -0.25) is 19.2 Å². The van der Waals surface area contributed by atoms with Gasteiger partial charge in [0.2, 0.25) is 0 Å². The molecule has 0 saturated heterocycles. The second-order valence-corrected chi connectivity index (χ2v) is 28.1. The van der Waals surface area contributed by atoms with Crippen LogP contribution >= 0.6 is 0 Å². The summed E-state index contributed by atoms with van der Waals surface area (Å²) in [7, 11) is 0. The Morgan fingerprint density at radius 2 is 0.443 bits per heavy atom. The molecule has 0 aromatic carbocycles. The number of hydrogen-bond acceptors (Lipinski definition) is 4. The van der Waals surface area contributed by atoms with Crippen LogP contribution in [0.3, 0.4) is 0 Å². The third-order valence-corrected chi connectivity index (χ3v) is 16.8. The van der Waals surface area contributed by atoms with Gasteiger partial charge in [-0.1, -0.05) is 221 Å². The van der Waals surface area contributed by atoms with Crippen LogP contribution in [0.15, 0.2) is 235 Å². The molecule has 0 radical (unpaired) electrons. The normalized spacial score (nSPS) is 20.3. The number of allylic oxidation sites excluding steroid dienone is 40. The van der Waals surface area contributed by atoms with Crippen molar-refractivity contribution >= 4 is 23.1 Å². The lowest BCUT2D eigenvalue weighted by Crippen LogP contribution is -2.19. The van der Waals surface area contributed by atoms with E-state index >= 15 is 0 Å². The zero-order valence-electron chi connectivity index (χ0n) is 60.0. The molecule has 0 spiro atoms. The topological polar surface area (TPSA) is 68.3 Å². The van der Waals surface area contributed by atoms with E-state index in [0.29, 0.717) is 0 Å². The van der Waals surface area contributed by atoms with Crippen molar-refractivity contribution in [2.75, 3.05) is 0 Å². The molecule has 0 bridgehead atoms. The molecular weight excluding hydrogens is 1070 g/mol. The Hall–Kier alpha value is -6.52. The molecular formula is C84H120O4. The van der Waals surface area contributed by atoms with Crippen molar-refractivity contribution in [1.29, 1.82) is 0 Å². The van der Waals surface area contributed by atoms with Gasteiger partial charge in [0.1, 0.15) is 0 Å². The molecule has 88 heavy (non-hydrogen) atoms. The SMILES string of the molecule is CC(=O)/C=C(C)/C=C/C=C(C)/C=C/C1=C(C)CCCC1(C)C.CC(=O)\C=C(C)/C=C/C=C(C)\C=C\C1=C(C)CCCC1(C)C.CC(=O)\C=C(C)/C=C/C=C(C)\C=C\C1=C(C)CCCC1(C)C.CC(=O)\C=C(C)/C=C\C=C(C)\C=C\C1=C(C)CCCC1(C)C. The quantitative estimate of drug-likeness (QED) is 0.0900. The van der Waals surface area contributed by atoms with Crippen molar-refractivity contribution in [1.82, 2.24) is 0 Å². The predicted octanol–water partition coefficient (Wildman–Crippen LogP) is 24.4. The summed E-state index contributed by atoms with van der Waals surface area (Å²) in [6, 6.07) is 0. The standard InChI is InChI=1S/4C21H30O/c4*1-16(9-7-10-17(2)15-19(4)22)12-13-20-18(3)11-8-14-21(20,5)6/h4*7,9-10,12-13,15H,8,11,14H2,1-6H3/b10-7+,13-12+,16-9+,17-15+;2*10-7+,13-12+,16-9-,17-15-;10-7-,13-12+,16-9+,17-15-. The fraction of sp³-hybridized carbons (Fsp3) is 0.476. The Morgan fingerprint density at radius 1 is 0.273 bits per heavy atom. The number of ketones is 4. The van der Waals surface area contributed by atoms with E-state index in [1.807, 2.05) is 76.3 Å². The van der Waals surface area contributed by atoms with Gasteiger partial charge in [-0.25, -0.2) is 0 Å². The van der Waals surface area contributed by atoms with E-state index in [4.69, 9.17) is 0 Å². The Bertz CT molecular complexity index is 2670. The highest BCUT2D eigenvalue weighted by atomic mass is 16.1. The van der Waals surface area contributed by atoms with Gasteiger partial charge in [0.15, 0.2) is 23.1 Å². The number of carbonyl (C=O) groups excluding carboxylic acids is 4. The second kappa shape index (κ2) is 39.5. The average Bonchev–Trinajstić information content (AvgIpc) is 1.74. The summed E-state index contributed by atoms with van der Waals surface area (Å²) >= 11 is 0. The zero-order valence-corrected chi connectivity index (χ0v) is 60.0. The molecule has 480 valence electrons. The molecule has 0 aliphatic heterocycles. The van der Waals surface area contributed by atoms with Crippen molar-refractivity contribution < 1.29 is 19.2 Å². The molecule has 4 rings (SSSR count). The Balaban J connectivity index is 0.000000587. The number of rotatable bonds is 20. The van der Waals surface area contributed by atoms with Crippen molar-refractivity contribution in [2.45, 2.75) is 243 Å². The first kappa shape index (κ1) is 79.5. The van der Waals surface area contributed by atoms with Crippen molar-refractivity contribution in [3.8, 4) is 0 Å². The zero-order chi connectivity index (χ0) is 67.0. The van der Waals surface area contributed by atoms with Crippen LogP contribution in [0, 0.1) is 21.7 Å². The third-order valence-electron chi connectivity index (χ3n) is 16.8. The van der Waals surface area contributed by atoms with Gasteiger partial charge in [-0.2, -0.15) is 0 Å². The van der Waals surface area contributed by atoms with Gasteiger partial charge in [-0.05, 0) is 278 Å². The smallest absolute Gasteiger partial charge is 0.152 e. The number of carbonyl (C=O) groups is 4. The molecule has 0 amide bonds. The molecule has 4 nitrogen and oxygen atoms in total. The lowest BCUT2D eigenvalue weighted by Gasteiger charge is -2.33. The van der Waals surface area contributed by atoms with Crippen LogP contribution < -0.4 is 0 Å². The van der Waals surface area contributed by atoms with E-state index in [-0.39, 0.29) is 44.8 Å². The summed E-state index contributed by atoms with van der Waals surface area (Å²) in [6.45, 7) is 50.2. The molecule has 0 N–H and O–H groups in total. The molecule has 4 aliphatic rings. The summed E-state index contributed by atoms with van der Waals surface area (Å²) in [5, 5.41) is 0. The summed E-state index contributed by atoms with van der Waals surface area (Å²) in [5.41, 5.74) is 22.0. The fourth-order valence-corrected chi connectivity index (χ4v) is 12.0. The van der Waals surface area contributed by atoms with Crippen molar-refractivity contribution in [3.05, 3.63) is 235 Å². The minimum atomic E-state index is 0.0877. The summed E-state index contributed by atoms with van der Waals surface area (Å²) in [4.78, 5) is 43.9.